The molecular formula is C21H14N3O4-. The van der Waals surface area contributed by atoms with E-state index >= 15 is 0 Å². The maximum atomic E-state index is 11.9. The van der Waals surface area contributed by atoms with Crippen molar-refractivity contribution in [2.24, 2.45) is 4.99 Å². The highest BCUT2D eigenvalue weighted by Gasteiger charge is 2.09. The summed E-state index contributed by atoms with van der Waals surface area (Å²) in [5.74, 6) is 0.176. The van der Waals surface area contributed by atoms with Gasteiger partial charge in [-0.3, -0.25) is 15.1 Å². The van der Waals surface area contributed by atoms with Crippen LogP contribution in [0.3, 0.4) is 0 Å². The van der Waals surface area contributed by atoms with Crippen LogP contribution in [0.25, 0.3) is 22.6 Å². The van der Waals surface area contributed by atoms with Gasteiger partial charge in [-0.25, -0.2) is 4.98 Å². The van der Waals surface area contributed by atoms with Crippen LogP contribution in [0.15, 0.2) is 70.1 Å². The minimum Gasteiger partial charge on any atom is -0.872 e. The minimum atomic E-state index is -0.551. The molecule has 0 amide bonds. The summed E-state index contributed by atoms with van der Waals surface area (Å²) in [6, 6.07) is 16.6. The molecule has 0 saturated carbocycles. The lowest BCUT2D eigenvalue weighted by molar-refractivity contribution is -0.385. The highest BCUT2D eigenvalue weighted by atomic mass is 16.6. The molecular weight excluding hydrogens is 358 g/mol. The van der Waals surface area contributed by atoms with Gasteiger partial charge in [0.2, 0.25) is 5.89 Å². The molecule has 7 nitrogen and oxygen atoms in total. The SMILES string of the molecule is Cc1ccc(-c2nc3cc(N=Cc4cc([N+](=O)[O-])ccc4[O-])ccc3o2)cc1. The summed E-state index contributed by atoms with van der Waals surface area (Å²) in [4.78, 5) is 19.1. The Morgan fingerprint density at radius 1 is 1.07 bits per heavy atom. The molecule has 4 rings (SSSR count). The van der Waals surface area contributed by atoms with Crippen LogP contribution in [0.4, 0.5) is 11.4 Å². The largest absolute Gasteiger partial charge is 0.872 e. The van der Waals surface area contributed by atoms with Crippen LogP contribution in [-0.2, 0) is 0 Å². The zero-order chi connectivity index (χ0) is 19.7. The summed E-state index contributed by atoms with van der Waals surface area (Å²) in [6.07, 6.45) is 1.32. The Morgan fingerprint density at radius 2 is 1.86 bits per heavy atom. The third-order valence-electron chi connectivity index (χ3n) is 4.23. The number of hydrogen-bond acceptors (Lipinski definition) is 6. The average Bonchev–Trinajstić information content (AvgIpc) is 3.11. The van der Waals surface area contributed by atoms with Crippen LogP contribution < -0.4 is 5.11 Å². The Kier molecular flexibility index (Phi) is 4.33. The molecule has 3 aromatic carbocycles. The van der Waals surface area contributed by atoms with E-state index in [1.54, 1.807) is 18.2 Å². The molecule has 0 unspecified atom stereocenters. The van der Waals surface area contributed by atoms with Gasteiger partial charge in [-0.1, -0.05) is 29.5 Å². The molecule has 0 fully saturated rings. The fraction of sp³-hybridized carbons (Fsp3) is 0.0476. The molecule has 0 atom stereocenters. The van der Waals surface area contributed by atoms with Crippen molar-refractivity contribution in [1.82, 2.24) is 4.98 Å². The highest BCUT2D eigenvalue weighted by Crippen LogP contribution is 2.27. The van der Waals surface area contributed by atoms with Gasteiger partial charge in [-0.05, 0) is 42.8 Å². The van der Waals surface area contributed by atoms with Crippen LogP contribution in [-0.4, -0.2) is 16.1 Å². The topological polar surface area (TPSA) is 105 Å². The number of rotatable bonds is 4. The average molecular weight is 372 g/mol. The van der Waals surface area contributed by atoms with E-state index in [-0.39, 0.29) is 17.0 Å². The smallest absolute Gasteiger partial charge is 0.270 e. The molecule has 7 heteroatoms. The second-order valence-corrected chi connectivity index (χ2v) is 6.27. The monoisotopic (exact) mass is 372 g/mol. The molecule has 4 aromatic rings. The first-order chi connectivity index (χ1) is 13.5. The number of nitro groups is 1. The van der Waals surface area contributed by atoms with Crippen molar-refractivity contribution in [1.29, 1.82) is 0 Å². The predicted octanol–water partition coefficient (Wildman–Crippen LogP) is 4.54. The first-order valence-corrected chi connectivity index (χ1v) is 8.47. The highest BCUT2D eigenvalue weighted by molar-refractivity contribution is 5.87. The molecule has 0 saturated heterocycles. The van der Waals surface area contributed by atoms with Crippen molar-refractivity contribution in [3.63, 3.8) is 0 Å². The maximum Gasteiger partial charge on any atom is 0.270 e. The van der Waals surface area contributed by atoms with Crippen molar-refractivity contribution >= 4 is 28.7 Å². The molecule has 0 spiro atoms. The Morgan fingerprint density at radius 3 is 2.61 bits per heavy atom. The van der Waals surface area contributed by atoms with E-state index in [9.17, 15) is 15.2 Å². The lowest BCUT2D eigenvalue weighted by Crippen LogP contribution is -1.98. The number of oxazole rings is 1. The molecule has 0 N–H and O–H groups in total. The van der Waals surface area contributed by atoms with Gasteiger partial charge >= 0.3 is 0 Å². The molecule has 0 aliphatic rings. The van der Waals surface area contributed by atoms with E-state index in [4.69, 9.17) is 4.42 Å². The third kappa shape index (κ3) is 3.45. The van der Waals surface area contributed by atoms with Gasteiger partial charge in [0.05, 0.1) is 10.6 Å². The normalized spacial score (nSPS) is 11.3. The Hall–Kier alpha value is -4.00. The van der Waals surface area contributed by atoms with Gasteiger partial charge in [-0.2, -0.15) is 0 Å². The van der Waals surface area contributed by atoms with Crippen molar-refractivity contribution in [2.75, 3.05) is 0 Å². The number of fused-ring (bicyclic) bond motifs is 1. The van der Waals surface area contributed by atoms with Gasteiger partial charge in [0, 0.05) is 23.9 Å². The van der Waals surface area contributed by atoms with Gasteiger partial charge in [0.25, 0.3) is 5.69 Å². The summed E-state index contributed by atoms with van der Waals surface area (Å²) >= 11 is 0. The molecule has 138 valence electrons. The van der Waals surface area contributed by atoms with Crippen LogP contribution >= 0.6 is 0 Å². The first kappa shape index (κ1) is 17.4. The fourth-order valence-electron chi connectivity index (χ4n) is 2.71. The van der Waals surface area contributed by atoms with E-state index in [1.807, 2.05) is 31.2 Å². The summed E-state index contributed by atoms with van der Waals surface area (Å²) in [5.41, 5.74) is 3.82. The number of aryl methyl sites for hydroxylation is 1. The quantitative estimate of drug-likeness (QED) is 0.297. The Labute approximate surface area is 159 Å². The molecule has 1 aromatic heterocycles. The number of nitro benzene ring substituents is 1. The molecule has 1 heterocycles. The van der Waals surface area contributed by atoms with E-state index in [2.05, 4.69) is 9.98 Å². The molecule has 0 radical (unpaired) electrons. The molecule has 0 aliphatic carbocycles. The van der Waals surface area contributed by atoms with Gasteiger partial charge < -0.3 is 9.52 Å². The van der Waals surface area contributed by atoms with Gasteiger partial charge in [-0.15, -0.1) is 0 Å². The van der Waals surface area contributed by atoms with Crippen molar-refractivity contribution in [3.05, 3.63) is 81.9 Å². The number of non-ortho nitro benzene ring substituents is 1. The number of hydrogen-bond donors (Lipinski definition) is 0. The van der Waals surface area contributed by atoms with Crippen LogP contribution in [0.5, 0.6) is 5.75 Å². The van der Waals surface area contributed by atoms with E-state index in [0.717, 1.165) is 17.2 Å². The number of aliphatic imine (C=N–C) groups is 1. The van der Waals surface area contributed by atoms with Crippen LogP contribution in [0, 0.1) is 17.0 Å². The lowest BCUT2D eigenvalue weighted by atomic mass is 10.1. The second kappa shape index (κ2) is 6.96. The maximum absolute atomic E-state index is 11.9. The summed E-state index contributed by atoms with van der Waals surface area (Å²) in [6.45, 7) is 2.01. The van der Waals surface area contributed by atoms with E-state index in [0.29, 0.717) is 22.7 Å². The number of benzene rings is 3. The third-order valence-corrected chi connectivity index (χ3v) is 4.23. The summed E-state index contributed by atoms with van der Waals surface area (Å²) < 4.78 is 5.78. The number of nitrogens with zero attached hydrogens (tertiary/aromatic N) is 3. The molecule has 0 aliphatic heterocycles. The number of aromatic nitrogens is 1. The first-order valence-electron chi connectivity index (χ1n) is 8.47. The lowest BCUT2D eigenvalue weighted by Gasteiger charge is -2.08. The van der Waals surface area contributed by atoms with Gasteiger partial charge in [0.1, 0.15) is 5.52 Å². The zero-order valence-electron chi connectivity index (χ0n) is 14.8. The summed E-state index contributed by atoms with van der Waals surface area (Å²) in [7, 11) is 0. The van der Waals surface area contributed by atoms with Crippen molar-refractivity contribution < 1.29 is 14.4 Å². The molecule has 28 heavy (non-hydrogen) atoms. The zero-order valence-corrected chi connectivity index (χ0v) is 14.8. The standard InChI is InChI=1S/C21H15N3O4/c1-13-2-4-14(5-3-13)21-23-18-11-16(6-9-20(18)28-21)22-12-15-10-17(24(26)27)7-8-19(15)25/h2-12,25H,1H3/p-1. The van der Waals surface area contributed by atoms with Crippen LogP contribution in [0.2, 0.25) is 0 Å². The second-order valence-electron chi connectivity index (χ2n) is 6.27. The van der Waals surface area contributed by atoms with Crippen LogP contribution in [0.1, 0.15) is 11.1 Å². The predicted molar refractivity (Wildman–Crippen MR) is 104 cm³/mol. The van der Waals surface area contributed by atoms with Crippen molar-refractivity contribution in [3.8, 4) is 17.2 Å². The summed E-state index contributed by atoms with van der Waals surface area (Å²) in [5, 5.41) is 22.7. The van der Waals surface area contributed by atoms with Gasteiger partial charge in [0.15, 0.2) is 5.58 Å². The van der Waals surface area contributed by atoms with Crippen molar-refractivity contribution in [2.45, 2.75) is 6.92 Å². The molecule has 0 bridgehead atoms. The minimum absolute atomic E-state index is 0.148. The Balaban J connectivity index is 1.65. The fourth-order valence-corrected chi connectivity index (χ4v) is 2.71. The van der Waals surface area contributed by atoms with E-state index in [1.165, 1.54) is 18.3 Å². The Bertz CT molecular complexity index is 1210. The van der Waals surface area contributed by atoms with E-state index < -0.39 is 4.92 Å².